The molecule has 0 spiro atoms. The van der Waals surface area contributed by atoms with Crippen LogP contribution in [0.5, 0.6) is 11.5 Å². The Morgan fingerprint density at radius 3 is 2.41 bits per heavy atom. The summed E-state index contributed by atoms with van der Waals surface area (Å²) < 4.78 is 15.3. The van der Waals surface area contributed by atoms with Crippen molar-refractivity contribution in [2.24, 2.45) is 11.7 Å². The van der Waals surface area contributed by atoms with Gasteiger partial charge in [0.2, 0.25) is 10.7 Å². The minimum Gasteiger partial charge on any atom is -0.493 e. The summed E-state index contributed by atoms with van der Waals surface area (Å²) in [6.07, 6.45) is 1.51. The number of hydrogen-bond acceptors (Lipinski definition) is 6. The Hall–Kier alpha value is -3.17. The fourth-order valence-corrected chi connectivity index (χ4v) is 4.31. The summed E-state index contributed by atoms with van der Waals surface area (Å²) in [5.74, 6) is 1.72. The van der Waals surface area contributed by atoms with E-state index in [0.29, 0.717) is 28.8 Å². The second-order valence-corrected chi connectivity index (χ2v) is 8.15. The number of amides is 1. The number of likely N-dealkylation sites (tertiary alicyclic amines) is 1. The number of nitrogens with zero attached hydrogens (tertiary/aromatic N) is 4. The lowest BCUT2D eigenvalue weighted by Crippen LogP contribution is -2.39. The van der Waals surface area contributed by atoms with Gasteiger partial charge in [0.25, 0.3) is 0 Å². The van der Waals surface area contributed by atoms with Crippen LogP contribution in [0.1, 0.15) is 12.8 Å². The lowest BCUT2D eigenvalue weighted by molar-refractivity contribution is -0.123. The zero-order chi connectivity index (χ0) is 22.7. The second kappa shape index (κ2) is 9.54. The standard InChI is InChI=1S/C23H27N5O3S/c1-30-19-9-8-17(14-20(19)31-2)22-25-27(15-26-12-10-16(11-13-26)21(24)29)23(32)28(22)18-6-4-3-5-7-18/h3-9,14,16H,10-13,15H2,1-2H3,(H2,24,29). The number of methoxy groups -OCH3 is 2. The van der Waals surface area contributed by atoms with Crippen LogP contribution in [0, 0.1) is 10.7 Å². The molecule has 0 saturated carbocycles. The van der Waals surface area contributed by atoms with E-state index in [1.54, 1.807) is 14.2 Å². The molecule has 2 N–H and O–H groups in total. The molecule has 1 aliphatic rings. The number of nitrogens with two attached hydrogens (primary N) is 1. The van der Waals surface area contributed by atoms with Crippen molar-refractivity contribution in [1.29, 1.82) is 0 Å². The Kier molecular flexibility index (Phi) is 6.57. The van der Waals surface area contributed by atoms with Crippen molar-refractivity contribution in [2.75, 3.05) is 27.3 Å². The van der Waals surface area contributed by atoms with Crippen LogP contribution in [0.3, 0.4) is 0 Å². The van der Waals surface area contributed by atoms with Crippen LogP contribution in [0.4, 0.5) is 0 Å². The minimum atomic E-state index is -0.217. The molecule has 4 rings (SSSR count). The van der Waals surface area contributed by atoms with Crippen molar-refractivity contribution in [3.63, 3.8) is 0 Å². The lowest BCUT2D eigenvalue weighted by atomic mass is 9.97. The molecular formula is C23H27N5O3S. The van der Waals surface area contributed by atoms with Crippen molar-refractivity contribution in [3.05, 3.63) is 53.3 Å². The first-order valence-corrected chi connectivity index (χ1v) is 10.9. The summed E-state index contributed by atoms with van der Waals surface area (Å²) in [6.45, 7) is 2.10. The molecule has 8 nitrogen and oxygen atoms in total. The van der Waals surface area contributed by atoms with E-state index in [2.05, 4.69) is 4.90 Å². The van der Waals surface area contributed by atoms with Crippen molar-refractivity contribution in [3.8, 4) is 28.6 Å². The SMILES string of the molecule is COc1ccc(-c2nn(CN3CCC(C(N)=O)CC3)c(=S)n2-c2ccccc2)cc1OC. The van der Waals surface area contributed by atoms with Crippen LogP contribution in [-0.2, 0) is 11.5 Å². The molecule has 9 heteroatoms. The van der Waals surface area contributed by atoms with Gasteiger partial charge in [-0.25, -0.2) is 4.68 Å². The van der Waals surface area contributed by atoms with Gasteiger partial charge < -0.3 is 15.2 Å². The van der Waals surface area contributed by atoms with E-state index < -0.39 is 0 Å². The highest BCUT2D eigenvalue weighted by molar-refractivity contribution is 7.71. The summed E-state index contributed by atoms with van der Waals surface area (Å²) in [5.41, 5.74) is 7.27. The number of hydrogen-bond donors (Lipinski definition) is 1. The van der Waals surface area contributed by atoms with Crippen LogP contribution >= 0.6 is 12.2 Å². The summed E-state index contributed by atoms with van der Waals surface area (Å²) >= 11 is 5.84. The Bertz CT molecular complexity index is 1150. The predicted octanol–water partition coefficient (Wildman–Crippen LogP) is 3.24. The molecule has 1 amide bonds. The smallest absolute Gasteiger partial charge is 0.220 e. The number of carbonyl (C=O) groups is 1. The maximum Gasteiger partial charge on any atom is 0.220 e. The van der Waals surface area contributed by atoms with Crippen molar-refractivity contribution in [1.82, 2.24) is 19.2 Å². The van der Waals surface area contributed by atoms with Gasteiger partial charge in [-0.15, -0.1) is 5.10 Å². The third-order valence-corrected chi connectivity index (χ3v) is 6.21. The van der Waals surface area contributed by atoms with Crippen molar-refractivity contribution >= 4 is 18.1 Å². The summed E-state index contributed by atoms with van der Waals surface area (Å²) in [5, 5.41) is 4.88. The van der Waals surface area contributed by atoms with E-state index in [0.717, 1.165) is 37.2 Å². The van der Waals surface area contributed by atoms with Gasteiger partial charge in [-0.05, 0) is 55.4 Å². The van der Waals surface area contributed by atoms with Gasteiger partial charge >= 0.3 is 0 Å². The molecule has 0 radical (unpaired) electrons. The monoisotopic (exact) mass is 453 g/mol. The highest BCUT2D eigenvalue weighted by Gasteiger charge is 2.24. The minimum absolute atomic E-state index is 0.0524. The Balaban J connectivity index is 1.72. The highest BCUT2D eigenvalue weighted by Crippen LogP contribution is 2.33. The summed E-state index contributed by atoms with van der Waals surface area (Å²) in [6, 6.07) is 15.6. The van der Waals surface area contributed by atoms with Gasteiger partial charge in [-0.1, -0.05) is 18.2 Å². The van der Waals surface area contributed by atoms with Crippen molar-refractivity contribution < 1.29 is 14.3 Å². The van der Waals surface area contributed by atoms with E-state index in [1.807, 2.05) is 57.8 Å². The van der Waals surface area contributed by atoms with E-state index in [-0.39, 0.29) is 11.8 Å². The van der Waals surface area contributed by atoms with Gasteiger partial charge in [-0.3, -0.25) is 14.3 Å². The fraction of sp³-hybridized carbons (Fsp3) is 0.348. The van der Waals surface area contributed by atoms with E-state index >= 15 is 0 Å². The van der Waals surface area contributed by atoms with E-state index in [4.69, 9.17) is 32.5 Å². The molecule has 0 atom stereocenters. The number of primary amides is 1. The fourth-order valence-electron chi connectivity index (χ4n) is 4.02. The topological polar surface area (TPSA) is 87.5 Å². The lowest BCUT2D eigenvalue weighted by Gasteiger charge is -2.29. The molecule has 3 aromatic rings. The molecule has 1 fully saturated rings. The van der Waals surface area contributed by atoms with Crippen LogP contribution in [-0.4, -0.2) is 52.5 Å². The molecule has 1 aliphatic heterocycles. The van der Waals surface area contributed by atoms with Gasteiger partial charge in [0.05, 0.1) is 20.9 Å². The van der Waals surface area contributed by atoms with E-state index in [1.165, 1.54) is 0 Å². The molecule has 1 aromatic heterocycles. The zero-order valence-corrected chi connectivity index (χ0v) is 19.0. The van der Waals surface area contributed by atoms with Crippen LogP contribution in [0.15, 0.2) is 48.5 Å². The average molecular weight is 454 g/mol. The van der Waals surface area contributed by atoms with E-state index in [9.17, 15) is 4.79 Å². The first-order valence-electron chi connectivity index (χ1n) is 10.5. The van der Waals surface area contributed by atoms with Gasteiger partial charge in [0.1, 0.15) is 0 Å². The zero-order valence-electron chi connectivity index (χ0n) is 18.2. The molecule has 0 unspecified atom stereocenters. The maximum absolute atomic E-state index is 11.5. The molecule has 0 bridgehead atoms. The second-order valence-electron chi connectivity index (χ2n) is 7.78. The predicted molar refractivity (Wildman–Crippen MR) is 124 cm³/mol. The number of para-hydroxylation sites is 1. The summed E-state index contributed by atoms with van der Waals surface area (Å²) in [4.78, 5) is 13.7. The van der Waals surface area contributed by atoms with Crippen LogP contribution in [0.25, 0.3) is 17.1 Å². The van der Waals surface area contributed by atoms with Crippen LogP contribution < -0.4 is 15.2 Å². The number of carbonyl (C=O) groups excluding carboxylic acids is 1. The van der Waals surface area contributed by atoms with Crippen LogP contribution in [0.2, 0.25) is 0 Å². The number of benzene rings is 2. The summed E-state index contributed by atoms with van der Waals surface area (Å²) in [7, 11) is 3.22. The largest absolute Gasteiger partial charge is 0.493 e. The molecule has 32 heavy (non-hydrogen) atoms. The first kappa shape index (κ1) is 22.0. The molecule has 0 aliphatic carbocycles. The van der Waals surface area contributed by atoms with Crippen molar-refractivity contribution in [2.45, 2.75) is 19.5 Å². The van der Waals surface area contributed by atoms with Gasteiger partial charge in [0, 0.05) is 30.3 Å². The molecule has 2 aromatic carbocycles. The van der Waals surface area contributed by atoms with Gasteiger partial charge in [0.15, 0.2) is 17.3 Å². The quantitative estimate of drug-likeness (QED) is 0.553. The third-order valence-electron chi connectivity index (χ3n) is 5.82. The molecule has 1 saturated heterocycles. The number of ether oxygens (including phenoxy) is 2. The first-order chi connectivity index (χ1) is 15.5. The Labute approximate surface area is 192 Å². The third kappa shape index (κ3) is 4.39. The average Bonchev–Trinajstić information content (AvgIpc) is 3.15. The Morgan fingerprint density at radius 2 is 1.78 bits per heavy atom. The molecule has 168 valence electrons. The number of piperidine rings is 1. The molecule has 2 heterocycles. The number of aromatic nitrogens is 3. The molecular weight excluding hydrogens is 426 g/mol. The normalized spacial score (nSPS) is 14.9. The number of rotatable bonds is 7. The Morgan fingerprint density at radius 1 is 1.09 bits per heavy atom. The maximum atomic E-state index is 11.5. The van der Waals surface area contributed by atoms with Gasteiger partial charge in [-0.2, -0.15) is 0 Å². The highest BCUT2D eigenvalue weighted by atomic mass is 32.1.